The van der Waals surface area contributed by atoms with Crippen LogP contribution in [0.5, 0.6) is 0 Å². The molecule has 0 radical (unpaired) electrons. The lowest BCUT2D eigenvalue weighted by molar-refractivity contribution is 0.236. The third-order valence-corrected chi connectivity index (χ3v) is 3.69. The van der Waals surface area contributed by atoms with Crippen molar-refractivity contribution in [2.45, 2.75) is 32.2 Å². The van der Waals surface area contributed by atoms with E-state index in [0.717, 1.165) is 17.0 Å². The average molecular weight is 267 g/mol. The second-order valence-electron chi connectivity index (χ2n) is 4.87. The molecule has 0 spiro atoms. The molecule has 3 nitrogen and oxygen atoms in total. The summed E-state index contributed by atoms with van der Waals surface area (Å²) < 4.78 is 0. The van der Waals surface area contributed by atoms with Crippen LogP contribution >= 0.6 is 11.6 Å². The van der Waals surface area contributed by atoms with Gasteiger partial charge in [-0.1, -0.05) is 29.8 Å². The Morgan fingerprint density at radius 3 is 2.83 bits per heavy atom. The summed E-state index contributed by atoms with van der Waals surface area (Å²) in [5, 5.41) is 6.58. The van der Waals surface area contributed by atoms with Crippen molar-refractivity contribution in [1.82, 2.24) is 10.6 Å². The van der Waals surface area contributed by atoms with Crippen LogP contribution in [0.4, 0.5) is 4.79 Å². The summed E-state index contributed by atoms with van der Waals surface area (Å²) in [6.07, 6.45) is 3.23. The number of rotatable bonds is 5. The zero-order valence-corrected chi connectivity index (χ0v) is 11.3. The van der Waals surface area contributed by atoms with Gasteiger partial charge in [0.15, 0.2) is 0 Å². The lowest BCUT2D eigenvalue weighted by atomic mass is 10.1. The van der Waals surface area contributed by atoms with Gasteiger partial charge in [0.25, 0.3) is 0 Å². The highest BCUT2D eigenvalue weighted by Crippen LogP contribution is 2.32. The topological polar surface area (TPSA) is 41.1 Å². The molecule has 0 saturated heterocycles. The van der Waals surface area contributed by atoms with E-state index in [-0.39, 0.29) is 12.1 Å². The molecule has 2 N–H and O–H groups in total. The molecule has 2 rings (SSSR count). The number of hydrogen-bond donors (Lipinski definition) is 2. The first kappa shape index (κ1) is 13.2. The lowest BCUT2D eigenvalue weighted by Crippen LogP contribution is -2.42. The summed E-state index contributed by atoms with van der Waals surface area (Å²) in [7, 11) is 0. The van der Waals surface area contributed by atoms with E-state index >= 15 is 0 Å². The highest BCUT2D eigenvalue weighted by atomic mass is 35.5. The van der Waals surface area contributed by atoms with Crippen molar-refractivity contribution in [3.63, 3.8) is 0 Å². The first-order valence-electron chi connectivity index (χ1n) is 6.44. The van der Waals surface area contributed by atoms with Crippen LogP contribution in [-0.4, -0.2) is 18.6 Å². The standard InChI is InChI=1S/C14H19ClN2O/c1-10(11-6-7-11)17-14(18)16-9-8-12-4-2-3-5-13(12)15/h2-5,10-11H,6-9H2,1H3,(H2,16,17,18). The van der Waals surface area contributed by atoms with Crippen LogP contribution < -0.4 is 10.6 Å². The Morgan fingerprint density at radius 2 is 2.17 bits per heavy atom. The molecule has 4 heteroatoms. The second kappa shape index (κ2) is 6.10. The first-order valence-corrected chi connectivity index (χ1v) is 6.82. The van der Waals surface area contributed by atoms with Crippen LogP contribution in [0.15, 0.2) is 24.3 Å². The molecule has 0 bridgehead atoms. The molecule has 2 amide bonds. The van der Waals surface area contributed by atoms with Crippen molar-refractivity contribution < 1.29 is 4.79 Å². The van der Waals surface area contributed by atoms with E-state index < -0.39 is 0 Å². The van der Waals surface area contributed by atoms with Gasteiger partial charge in [-0.2, -0.15) is 0 Å². The van der Waals surface area contributed by atoms with E-state index in [1.165, 1.54) is 12.8 Å². The molecule has 0 aliphatic heterocycles. The molecule has 1 unspecified atom stereocenters. The molecule has 1 aliphatic rings. The minimum Gasteiger partial charge on any atom is -0.338 e. The fourth-order valence-electron chi connectivity index (χ4n) is 1.98. The predicted molar refractivity (Wildman–Crippen MR) is 73.9 cm³/mol. The molecule has 1 saturated carbocycles. The monoisotopic (exact) mass is 266 g/mol. The summed E-state index contributed by atoms with van der Waals surface area (Å²) in [6, 6.07) is 7.91. The van der Waals surface area contributed by atoms with Gasteiger partial charge in [-0.15, -0.1) is 0 Å². The zero-order chi connectivity index (χ0) is 13.0. The Hall–Kier alpha value is -1.22. The van der Waals surface area contributed by atoms with E-state index in [0.29, 0.717) is 12.5 Å². The van der Waals surface area contributed by atoms with Crippen molar-refractivity contribution in [3.05, 3.63) is 34.9 Å². The van der Waals surface area contributed by atoms with Crippen molar-refractivity contribution >= 4 is 17.6 Å². The largest absolute Gasteiger partial charge is 0.338 e. The molecular formula is C14H19ClN2O. The Labute approximate surface area is 113 Å². The van der Waals surface area contributed by atoms with Gasteiger partial charge in [-0.05, 0) is 43.7 Å². The summed E-state index contributed by atoms with van der Waals surface area (Å²) in [4.78, 5) is 11.6. The molecule has 18 heavy (non-hydrogen) atoms. The van der Waals surface area contributed by atoms with Gasteiger partial charge in [0.05, 0.1) is 0 Å². The molecule has 1 fully saturated rings. The maximum Gasteiger partial charge on any atom is 0.315 e. The fourth-order valence-corrected chi connectivity index (χ4v) is 2.21. The molecule has 1 aliphatic carbocycles. The Morgan fingerprint density at radius 1 is 1.44 bits per heavy atom. The summed E-state index contributed by atoms with van der Waals surface area (Å²) in [5.74, 6) is 0.680. The molecule has 1 aromatic carbocycles. The normalized spacial score (nSPS) is 16.1. The van der Waals surface area contributed by atoms with E-state index in [1.54, 1.807) is 0 Å². The lowest BCUT2D eigenvalue weighted by Gasteiger charge is -2.13. The number of benzene rings is 1. The van der Waals surface area contributed by atoms with Gasteiger partial charge >= 0.3 is 6.03 Å². The fraction of sp³-hybridized carbons (Fsp3) is 0.500. The highest BCUT2D eigenvalue weighted by Gasteiger charge is 2.28. The van der Waals surface area contributed by atoms with Gasteiger partial charge in [0.2, 0.25) is 0 Å². The van der Waals surface area contributed by atoms with Crippen LogP contribution in [0.25, 0.3) is 0 Å². The highest BCUT2D eigenvalue weighted by molar-refractivity contribution is 6.31. The molecule has 0 aromatic heterocycles. The van der Waals surface area contributed by atoms with E-state index in [1.807, 2.05) is 24.3 Å². The summed E-state index contributed by atoms with van der Waals surface area (Å²) in [6.45, 7) is 2.66. The number of urea groups is 1. The van der Waals surface area contributed by atoms with Crippen LogP contribution in [0.3, 0.4) is 0 Å². The molecular weight excluding hydrogens is 248 g/mol. The first-order chi connectivity index (χ1) is 8.66. The van der Waals surface area contributed by atoms with Crippen molar-refractivity contribution in [1.29, 1.82) is 0 Å². The van der Waals surface area contributed by atoms with Crippen LogP contribution in [-0.2, 0) is 6.42 Å². The van der Waals surface area contributed by atoms with Gasteiger partial charge in [-0.3, -0.25) is 0 Å². The minimum atomic E-state index is -0.0820. The second-order valence-corrected chi connectivity index (χ2v) is 5.27. The molecule has 1 aromatic rings. The SMILES string of the molecule is CC(NC(=O)NCCc1ccccc1Cl)C1CC1. The van der Waals surface area contributed by atoms with E-state index in [2.05, 4.69) is 17.6 Å². The number of amides is 2. The molecule has 98 valence electrons. The van der Waals surface area contributed by atoms with Crippen molar-refractivity contribution in [3.8, 4) is 0 Å². The van der Waals surface area contributed by atoms with Gasteiger partial charge in [-0.25, -0.2) is 4.79 Å². The van der Waals surface area contributed by atoms with Crippen LogP contribution in [0.1, 0.15) is 25.3 Å². The number of halogens is 1. The third-order valence-electron chi connectivity index (χ3n) is 3.33. The maximum atomic E-state index is 11.6. The Balaban J connectivity index is 1.68. The molecule has 1 atom stereocenters. The van der Waals surface area contributed by atoms with Crippen LogP contribution in [0, 0.1) is 5.92 Å². The minimum absolute atomic E-state index is 0.0820. The van der Waals surface area contributed by atoms with Crippen molar-refractivity contribution in [2.75, 3.05) is 6.54 Å². The number of carbonyl (C=O) groups excluding carboxylic acids is 1. The number of nitrogens with one attached hydrogen (secondary N) is 2. The number of carbonyl (C=O) groups is 1. The zero-order valence-electron chi connectivity index (χ0n) is 10.6. The number of hydrogen-bond acceptors (Lipinski definition) is 1. The Kier molecular flexibility index (Phi) is 4.48. The van der Waals surface area contributed by atoms with Gasteiger partial charge in [0.1, 0.15) is 0 Å². The smallest absolute Gasteiger partial charge is 0.315 e. The summed E-state index contributed by atoms with van der Waals surface area (Å²) in [5.41, 5.74) is 1.06. The Bertz CT molecular complexity index is 418. The average Bonchev–Trinajstić information content (AvgIpc) is 3.15. The maximum absolute atomic E-state index is 11.6. The van der Waals surface area contributed by atoms with Crippen molar-refractivity contribution in [2.24, 2.45) is 5.92 Å². The summed E-state index contributed by atoms with van der Waals surface area (Å²) >= 11 is 6.05. The quantitative estimate of drug-likeness (QED) is 0.845. The third kappa shape index (κ3) is 3.91. The van der Waals surface area contributed by atoms with E-state index in [4.69, 9.17) is 11.6 Å². The van der Waals surface area contributed by atoms with E-state index in [9.17, 15) is 4.79 Å². The van der Waals surface area contributed by atoms with Gasteiger partial charge in [0, 0.05) is 17.6 Å². The van der Waals surface area contributed by atoms with Crippen LogP contribution in [0.2, 0.25) is 5.02 Å². The predicted octanol–water partition coefficient (Wildman–Crippen LogP) is 2.98. The molecule has 0 heterocycles. The van der Waals surface area contributed by atoms with Gasteiger partial charge < -0.3 is 10.6 Å².